The fourth-order valence-corrected chi connectivity index (χ4v) is 3.21. The Bertz CT molecular complexity index is 942. The van der Waals surface area contributed by atoms with Crippen LogP contribution < -0.4 is 0 Å². The molecule has 4 heterocycles. The standard InChI is InChI=1S/C15H13N7O/c16-4-1-12(23)22-6-3-9(8-22)11-7-18-19-15-13(11)10-2-5-17-14(10)20-21-15/h2,5,7,9H,1,3,6,8H2,(H,17,20). The number of fused-ring (bicyclic) bond motifs is 3. The number of aromatic nitrogens is 5. The molecule has 0 spiro atoms. The third-order valence-electron chi connectivity index (χ3n) is 4.31. The molecule has 1 aliphatic rings. The quantitative estimate of drug-likeness (QED) is 0.759. The zero-order chi connectivity index (χ0) is 15.8. The molecule has 4 rings (SSSR count). The molecule has 3 aromatic heterocycles. The third-order valence-corrected chi connectivity index (χ3v) is 4.31. The highest BCUT2D eigenvalue weighted by Gasteiger charge is 2.29. The van der Waals surface area contributed by atoms with Gasteiger partial charge in [0.1, 0.15) is 6.42 Å². The van der Waals surface area contributed by atoms with Crippen LogP contribution in [-0.2, 0) is 4.79 Å². The van der Waals surface area contributed by atoms with Crippen LogP contribution in [0.25, 0.3) is 22.1 Å². The fraction of sp³-hybridized carbons (Fsp3) is 0.333. The highest BCUT2D eigenvalue weighted by atomic mass is 16.2. The smallest absolute Gasteiger partial charge is 0.236 e. The Kier molecular flexibility index (Phi) is 3.12. The summed E-state index contributed by atoms with van der Waals surface area (Å²) in [6.07, 6.45) is 4.33. The third kappa shape index (κ3) is 2.17. The van der Waals surface area contributed by atoms with Gasteiger partial charge in [0.2, 0.25) is 11.6 Å². The lowest BCUT2D eigenvalue weighted by molar-refractivity contribution is -0.129. The number of nitriles is 1. The maximum absolute atomic E-state index is 11.9. The first kappa shape index (κ1) is 13.6. The van der Waals surface area contributed by atoms with Gasteiger partial charge in [0, 0.05) is 36.0 Å². The van der Waals surface area contributed by atoms with Crippen molar-refractivity contribution in [2.24, 2.45) is 0 Å². The molecular formula is C15H13N7O. The molecule has 1 fully saturated rings. The van der Waals surface area contributed by atoms with Gasteiger partial charge in [-0.25, -0.2) is 0 Å². The van der Waals surface area contributed by atoms with Crippen molar-refractivity contribution in [3.8, 4) is 6.07 Å². The van der Waals surface area contributed by atoms with Crippen LogP contribution >= 0.6 is 0 Å². The van der Waals surface area contributed by atoms with Crippen molar-refractivity contribution in [1.29, 1.82) is 5.26 Å². The molecule has 23 heavy (non-hydrogen) atoms. The first-order chi connectivity index (χ1) is 11.3. The maximum atomic E-state index is 11.9. The van der Waals surface area contributed by atoms with Crippen LogP contribution in [0, 0.1) is 11.3 Å². The van der Waals surface area contributed by atoms with Crippen LogP contribution in [0.2, 0.25) is 0 Å². The second-order valence-electron chi connectivity index (χ2n) is 5.60. The predicted molar refractivity (Wildman–Crippen MR) is 81.2 cm³/mol. The molecule has 0 saturated carbocycles. The number of nitrogens with one attached hydrogen (secondary N) is 1. The van der Waals surface area contributed by atoms with Gasteiger partial charge in [0.15, 0.2) is 5.65 Å². The van der Waals surface area contributed by atoms with E-state index in [-0.39, 0.29) is 18.2 Å². The van der Waals surface area contributed by atoms with Crippen LogP contribution in [0.15, 0.2) is 18.5 Å². The first-order valence-corrected chi connectivity index (χ1v) is 7.37. The van der Waals surface area contributed by atoms with Crippen molar-refractivity contribution >= 4 is 28.0 Å². The Hall–Kier alpha value is -3.08. The second-order valence-corrected chi connectivity index (χ2v) is 5.60. The van der Waals surface area contributed by atoms with Crippen molar-refractivity contribution in [1.82, 2.24) is 30.3 Å². The van der Waals surface area contributed by atoms with E-state index in [9.17, 15) is 4.79 Å². The Labute approximate surface area is 131 Å². The Morgan fingerprint density at radius 2 is 2.35 bits per heavy atom. The molecule has 3 aromatic rings. The van der Waals surface area contributed by atoms with E-state index in [1.165, 1.54) is 0 Å². The van der Waals surface area contributed by atoms with E-state index in [4.69, 9.17) is 5.26 Å². The van der Waals surface area contributed by atoms with Crippen LogP contribution in [0.3, 0.4) is 0 Å². The van der Waals surface area contributed by atoms with Gasteiger partial charge in [-0.15, -0.1) is 15.3 Å². The van der Waals surface area contributed by atoms with Crippen LogP contribution in [0.1, 0.15) is 24.3 Å². The SMILES string of the molecule is N#CCC(=O)N1CCC(c2cnnc3nnc4[nH]ccc4c23)C1. The highest BCUT2D eigenvalue weighted by Crippen LogP contribution is 2.33. The van der Waals surface area contributed by atoms with E-state index in [1.807, 2.05) is 18.3 Å². The monoisotopic (exact) mass is 307 g/mol. The molecule has 1 atom stereocenters. The van der Waals surface area contributed by atoms with Gasteiger partial charge < -0.3 is 9.88 Å². The predicted octanol–water partition coefficient (Wildman–Crippen LogP) is 1.13. The number of carbonyl (C=O) groups excluding carboxylic acids is 1. The minimum Gasteiger partial charge on any atom is -0.345 e. The Morgan fingerprint density at radius 3 is 3.22 bits per heavy atom. The molecular weight excluding hydrogens is 294 g/mol. The van der Waals surface area contributed by atoms with Crippen LogP contribution in [-0.4, -0.2) is 49.3 Å². The van der Waals surface area contributed by atoms with Crippen molar-refractivity contribution in [2.45, 2.75) is 18.8 Å². The highest BCUT2D eigenvalue weighted by molar-refractivity contribution is 6.03. The number of likely N-dealkylation sites (tertiary alicyclic amines) is 1. The zero-order valence-electron chi connectivity index (χ0n) is 12.2. The summed E-state index contributed by atoms with van der Waals surface area (Å²) in [6, 6.07) is 3.86. The number of hydrogen-bond acceptors (Lipinski definition) is 6. The van der Waals surface area contributed by atoms with Gasteiger partial charge in [-0.1, -0.05) is 0 Å². The molecule has 114 valence electrons. The van der Waals surface area contributed by atoms with E-state index in [1.54, 1.807) is 11.1 Å². The number of H-pyrrole nitrogens is 1. The summed E-state index contributed by atoms with van der Waals surface area (Å²) in [5.41, 5.74) is 2.25. The molecule has 8 heteroatoms. The molecule has 0 aromatic carbocycles. The summed E-state index contributed by atoms with van der Waals surface area (Å²) in [5, 5.41) is 26.9. The van der Waals surface area contributed by atoms with Crippen molar-refractivity contribution < 1.29 is 4.79 Å². The number of nitrogens with zero attached hydrogens (tertiary/aromatic N) is 6. The summed E-state index contributed by atoms with van der Waals surface area (Å²) < 4.78 is 0. The summed E-state index contributed by atoms with van der Waals surface area (Å²) >= 11 is 0. The van der Waals surface area contributed by atoms with Gasteiger partial charge in [0.05, 0.1) is 12.3 Å². The van der Waals surface area contributed by atoms with E-state index in [0.717, 1.165) is 22.8 Å². The Balaban J connectivity index is 1.76. The summed E-state index contributed by atoms with van der Waals surface area (Å²) in [5.74, 6) is 0.0471. The largest absolute Gasteiger partial charge is 0.345 e. The minimum atomic E-state index is -0.118. The maximum Gasteiger partial charge on any atom is 0.236 e. The molecule has 0 radical (unpaired) electrons. The number of rotatable bonds is 2. The van der Waals surface area contributed by atoms with Gasteiger partial charge in [0.25, 0.3) is 0 Å². The number of amides is 1. The Morgan fingerprint density at radius 1 is 1.43 bits per heavy atom. The average molecular weight is 307 g/mol. The molecule has 0 bridgehead atoms. The van der Waals surface area contributed by atoms with E-state index >= 15 is 0 Å². The second kappa shape index (κ2) is 5.28. The summed E-state index contributed by atoms with van der Waals surface area (Å²) in [4.78, 5) is 16.7. The van der Waals surface area contributed by atoms with Crippen LogP contribution in [0.5, 0.6) is 0 Å². The number of aromatic amines is 1. The molecule has 1 saturated heterocycles. The molecule has 1 amide bonds. The van der Waals surface area contributed by atoms with E-state index in [0.29, 0.717) is 24.4 Å². The topological polar surface area (TPSA) is 111 Å². The van der Waals surface area contributed by atoms with Gasteiger partial charge in [-0.2, -0.15) is 10.4 Å². The van der Waals surface area contributed by atoms with Gasteiger partial charge in [-0.05, 0) is 18.1 Å². The summed E-state index contributed by atoms with van der Waals surface area (Å²) in [6.45, 7) is 1.25. The first-order valence-electron chi connectivity index (χ1n) is 7.37. The lowest BCUT2D eigenvalue weighted by atomic mass is 9.96. The molecule has 0 aliphatic carbocycles. The van der Waals surface area contributed by atoms with Crippen molar-refractivity contribution in [2.75, 3.05) is 13.1 Å². The van der Waals surface area contributed by atoms with Crippen LogP contribution in [0.4, 0.5) is 0 Å². The molecule has 1 unspecified atom stereocenters. The van der Waals surface area contributed by atoms with Crippen molar-refractivity contribution in [3.63, 3.8) is 0 Å². The number of hydrogen-bond donors (Lipinski definition) is 1. The molecule has 1 N–H and O–H groups in total. The molecule has 1 aliphatic heterocycles. The van der Waals surface area contributed by atoms with Gasteiger partial charge in [-0.3, -0.25) is 4.79 Å². The average Bonchev–Trinajstić information content (AvgIpc) is 3.23. The van der Waals surface area contributed by atoms with E-state index < -0.39 is 0 Å². The number of carbonyl (C=O) groups is 1. The fourth-order valence-electron chi connectivity index (χ4n) is 3.21. The normalized spacial score (nSPS) is 17.7. The lowest BCUT2D eigenvalue weighted by Gasteiger charge is -2.15. The summed E-state index contributed by atoms with van der Waals surface area (Å²) in [7, 11) is 0. The zero-order valence-corrected chi connectivity index (χ0v) is 12.2. The van der Waals surface area contributed by atoms with Gasteiger partial charge >= 0.3 is 0 Å². The lowest BCUT2D eigenvalue weighted by Crippen LogP contribution is -2.27. The van der Waals surface area contributed by atoms with E-state index in [2.05, 4.69) is 25.4 Å². The minimum absolute atomic E-state index is 0.0738. The van der Waals surface area contributed by atoms with Crippen molar-refractivity contribution in [3.05, 3.63) is 24.0 Å². The molecule has 8 nitrogen and oxygen atoms in total.